The van der Waals surface area contributed by atoms with Crippen LogP contribution in [0.5, 0.6) is 0 Å². The number of aromatic nitrogens is 2. The number of hydrogen-bond acceptors (Lipinski definition) is 5. The summed E-state index contributed by atoms with van der Waals surface area (Å²) in [7, 11) is 0. The van der Waals surface area contributed by atoms with Crippen LogP contribution >= 0.6 is 11.3 Å². The van der Waals surface area contributed by atoms with E-state index >= 15 is 0 Å². The minimum Gasteiger partial charge on any atom is -0.372 e. The van der Waals surface area contributed by atoms with E-state index in [1.807, 2.05) is 18.2 Å². The normalized spacial score (nSPS) is 21.7. The number of morpholine rings is 1. The summed E-state index contributed by atoms with van der Waals surface area (Å²) in [5.41, 5.74) is 0.993. The average Bonchev–Trinajstić information content (AvgIpc) is 3.07. The summed E-state index contributed by atoms with van der Waals surface area (Å²) in [5.74, 6) is 1.82. The Labute approximate surface area is 139 Å². The van der Waals surface area contributed by atoms with Gasteiger partial charge < -0.3 is 9.64 Å². The van der Waals surface area contributed by atoms with Gasteiger partial charge in [-0.2, -0.15) is 0 Å². The van der Waals surface area contributed by atoms with Gasteiger partial charge in [-0.15, -0.1) is 11.3 Å². The molecule has 5 heteroatoms. The number of benzene rings is 1. The number of anilines is 1. The number of para-hydroxylation sites is 1. The van der Waals surface area contributed by atoms with Crippen molar-refractivity contribution >= 4 is 28.1 Å². The Hall–Kier alpha value is -1.98. The number of nitrogens with zero attached hydrogens (tertiary/aromatic N) is 3. The van der Waals surface area contributed by atoms with E-state index in [0.717, 1.165) is 40.5 Å². The molecule has 3 aromatic rings. The van der Waals surface area contributed by atoms with Crippen LogP contribution in [0.3, 0.4) is 0 Å². The standard InChI is InChI=1S/C18H19N3OS/c1-12-10-21(11-13(2)22-12)18-14-6-3-4-7-15(14)19-17(20-18)16-8-5-9-23-16/h3-9,12-13H,10-11H2,1-2H3. The summed E-state index contributed by atoms with van der Waals surface area (Å²) in [4.78, 5) is 13.1. The molecule has 4 nitrogen and oxygen atoms in total. The van der Waals surface area contributed by atoms with Gasteiger partial charge in [-0.1, -0.05) is 18.2 Å². The van der Waals surface area contributed by atoms with E-state index in [9.17, 15) is 0 Å². The van der Waals surface area contributed by atoms with Crippen LogP contribution in [0, 0.1) is 0 Å². The first-order chi connectivity index (χ1) is 11.2. The predicted octanol–water partition coefficient (Wildman–Crippen LogP) is 3.97. The molecule has 3 heterocycles. The molecule has 2 atom stereocenters. The van der Waals surface area contributed by atoms with Gasteiger partial charge in [0, 0.05) is 18.5 Å². The molecule has 0 amide bonds. The predicted molar refractivity (Wildman–Crippen MR) is 95.1 cm³/mol. The molecule has 0 aliphatic carbocycles. The maximum atomic E-state index is 5.87. The minimum absolute atomic E-state index is 0.206. The van der Waals surface area contributed by atoms with Gasteiger partial charge in [-0.25, -0.2) is 9.97 Å². The summed E-state index contributed by atoms with van der Waals surface area (Å²) in [6.45, 7) is 5.95. The maximum Gasteiger partial charge on any atom is 0.172 e. The number of rotatable bonds is 2. The van der Waals surface area contributed by atoms with E-state index in [-0.39, 0.29) is 12.2 Å². The zero-order chi connectivity index (χ0) is 15.8. The summed E-state index contributed by atoms with van der Waals surface area (Å²) in [6, 6.07) is 12.4. The fraction of sp³-hybridized carbons (Fsp3) is 0.333. The zero-order valence-electron chi connectivity index (χ0n) is 13.3. The molecule has 0 spiro atoms. The Morgan fingerprint density at radius 2 is 1.83 bits per heavy atom. The molecule has 0 saturated carbocycles. The number of hydrogen-bond donors (Lipinski definition) is 0. The van der Waals surface area contributed by atoms with Crippen molar-refractivity contribution in [2.24, 2.45) is 0 Å². The Morgan fingerprint density at radius 3 is 2.57 bits per heavy atom. The van der Waals surface area contributed by atoms with Crippen molar-refractivity contribution in [1.82, 2.24) is 9.97 Å². The Kier molecular flexibility index (Phi) is 3.75. The Balaban J connectivity index is 1.86. The minimum atomic E-state index is 0.206. The molecule has 2 aromatic heterocycles. The van der Waals surface area contributed by atoms with Crippen LogP contribution in [0.1, 0.15) is 13.8 Å². The SMILES string of the molecule is CC1CN(c2nc(-c3cccs3)nc3ccccc23)CC(C)O1. The van der Waals surface area contributed by atoms with Crippen LogP contribution in [0.25, 0.3) is 21.6 Å². The van der Waals surface area contributed by atoms with Crippen molar-refractivity contribution in [3.63, 3.8) is 0 Å². The number of ether oxygens (including phenoxy) is 1. The third-order valence-corrected chi connectivity index (χ3v) is 4.91. The molecule has 0 N–H and O–H groups in total. The summed E-state index contributed by atoms with van der Waals surface area (Å²) < 4.78 is 5.87. The van der Waals surface area contributed by atoms with Crippen LogP contribution in [0.15, 0.2) is 41.8 Å². The maximum absolute atomic E-state index is 5.87. The fourth-order valence-corrected chi connectivity index (χ4v) is 3.83. The first kappa shape index (κ1) is 14.6. The molecule has 2 unspecified atom stereocenters. The topological polar surface area (TPSA) is 38.2 Å². The van der Waals surface area contributed by atoms with Gasteiger partial charge >= 0.3 is 0 Å². The zero-order valence-corrected chi connectivity index (χ0v) is 14.1. The monoisotopic (exact) mass is 325 g/mol. The van der Waals surface area contributed by atoms with E-state index in [4.69, 9.17) is 14.7 Å². The van der Waals surface area contributed by atoms with E-state index < -0.39 is 0 Å². The molecule has 0 bridgehead atoms. The molecule has 118 valence electrons. The van der Waals surface area contributed by atoms with Gasteiger partial charge in [0.25, 0.3) is 0 Å². The summed E-state index contributed by atoms with van der Waals surface area (Å²) >= 11 is 1.67. The molecule has 1 aromatic carbocycles. The second-order valence-electron chi connectivity index (χ2n) is 6.03. The van der Waals surface area contributed by atoms with Crippen LogP contribution in [0.4, 0.5) is 5.82 Å². The Bertz CT molecular complexity index is 808. The summed E-state index contributed by atoms with van der Waals surface area (Å²) in [5, 5.41) is 3.17. The second kappa shape index (κ2) is 5.91. The lowest BCUT2D eigenvalue weighted by atomic mass is 10.1. The third kappa shape index (κ3) is 2.82. The van der Waals surface area contributed by atoms with E-state index in [2.05, 4.69) is 42.3 Å². The van der Waals surface area contributed by atoms with Crippen molar-refractivity contribution in [1.29, 1.82) is 0 Å². The summed E-state index contributed by atoms with van der Waals surface area (Å²) in [6.07, 6.45) is 0.412. The second-order valence-corrected chi connectivity index (χ2v) is 6.98. The molecule has 1 aliphatic heterocycles. The lowest BCUT2D eigenvalue weighted by molar-refractivity contribution is -0.00536. The van der Waals surface area contributed by atoms with Gasteiger partial charge in [0.1, 0.15) is 5.82 Å². The molecule has 0 radical (unpaired) electrons. The molecular formula is C18H19N3OS. The highest BCUT2D eigenvalue weighted by molar-refractivity contribution is 7.13. The van der Waals surface area contributed by atoms with Crippen molar-refractivity contribution in [3.8, 4) is 10.7 Å². The highest BCUT2D eigenvalue weighted by Crippen LogP contribution is 2.30. The molecule has 1 aliphatic rings. The highest BCUT2D eigenvalue weighted by Gasteiger charge is 2.25. The highest BCUT2D eigenvalue weighted by atomic mass is 32.1. The van der Waals surface area contributed by atoms with Crippen molar-refractivity contribution in [2.75, 3.05) is 18.0 Å². The molecule has 23 heavy (non-hydrogen) atoms. The quantitative estimate of drug-likeness (QED) is 0.714. The molecule has 1 saturated heterocycles. The van der Waals surface area contributed by atoms with Crippen molar-refractivity contribution in [3.05, 3.63) is 41.8 Å². The van der Waals surface area contributed by atoms with E-state index in [1.54, 1.807) is 11.3 Å². The van der Waals surface area contributed by atoms with Gasteiger partial charge in [-0.3, -0.25) is 0 Å². The van der Waals surface area contributed by atoms with Gasteiger partial charge in [0.2, 0.25) is 0 Å². The van der Waals surface area contributed by atoms with Crippen molar-refractivity contribution < 1.29 is 4.74 Å². The molecular weight excluding hydrogens is 306 g/mol. The smallest absolute Gasteiger partial charge is 0.172 e. The third-order valence-electron chi connectivity index (χ3n) is 4.04. The fourth-order valence-electron chi connectivity index (χ4n) is 3.17. The van der Waals surface area contributed by atoms with Crippen LogP contribution in [-0.4, -0.2) is 35.3 Å². The first-order valence-electron chi connectivity index (χ1n) is 7.92. The number of thiophene rings is 1. The van der Waals surface area contributed by atoms with Gasteiger partial charge in [0.05, 0.1) is 22.6 Å². The van der Waals surface area contributed by atoms with Crippen LogP contribution in [-0.2, 0) is 4.74 Å². The van der Waals surface area contributed by atoms with Crippen LogP contribution < -0.4 is 4.90 Å². The lowest BCUT2D eigenvalue weighted by Crippen LogP contribution is -2.46. The van der Waals surface area contributed by atoms with E-state index in [0.29, 0.717) is 0 Å². The van der Waals surface area contributed by atoms with Gasteiger partial charge in [-0.05, 0) is 37.4 Å². The van der Waals surface area contributed by atoms with Crippen LogP contribution in [0.2, 0.25) is 0 Å². The van der Waals surface area contributed by atoms with Gasteiger partial charge in [0.15, 0.2) is 5.82 Å². The van der Waals surface area contributed by atoms with Crippen molar-refractivity contribution in [2.45, 2.75) is 26.1 Å². The number of fused-ring (bicyclic) bond motifs is 1. The molecule has 1 fully saturated rings. The largest absolute Gasteiger partial charge is 0.372 e. The Morgan fingerprint density at radius 1 is 1.04 bits per heavy atom. The first-order valence-corrected chi connectivity index (χ1v) is 8.80. The molecule has 4 rings (SSSR count). The average molecular weight is 325 g/mol. The lowest BCUT2D eigenvalue weighted by Gasteiger charge is -2.36. The van der Waals surface area contributed by atoms with E-state index in [1.165, 1.54) is 0 Å².